The van der Waals surface area contributed by atoms with Crippen LogP contribution in [0, 0.1) is 10.1 Å². The molecular formula is C14H20N2O2. The second kappa shape index (κ2) is 5.38. The van der Waals surface area contributed by atoms with Gasteiger partial charge in [0.25, 0.3) is 0 Å². The number of hydrogen-bond donors (Lipinski definition) is 0. The summed E-state index contributed by atoms with van der Waals surface area (Å²) in [5, 5.41) is 10.7. The van der Waals surface area contributed by atoms with E-state index in [9.17, 15) is 10.1 Å². The Morgan fingerprint density at radius 3 is 2.94 bits per heavy atom. The maximum Gasteiger partial charge on any atom is 0.214 e. The molecule has 0 saturated heterocycles. The first-order valence-electron chi connectivity index (χ1n) is 6.62. The van der Waals surface area contributed by atoms with Crippen molar-refractivity contribution in [3.63, 3.8) is 0 Å². The Morgan fingerprint density at radius 1 is 1.50 bits per heavy atom. The lowest BCUT2D eigenvalue weighted by Gasteiger charge is -2.18. The van der Waals surface area contributed by atoms with E-state index in [1.165, 1.54) is 11.3 Å². The van der Waals surface area contributed by atoms with Gasteiger partial charge in [-0.15, -0.1) is 0 Å². The van der Waals surface area contributed by atoms with E-state index in [0.717, 1.165) is 31.5 Å². The summed E-state index contributed by atoms with van der Waals surface area (Å²) in [5.41, 5.74) is 3.74. The molecule has 98 valence electrons. The van der Waals surface area contributed by atoms with Gasteiger partial charge in [0, 0.05) is 37.0 Å². The third kappa shape index (κ3) is 2.63. The summed E-state index contributed by atoms with van der Waals surface area (Å²) in [7, 11) is 0. The SMILES string of the molecule is CCCN1CCc2cc(CC(C)[N+](=O)[O-])ccc21. The fourth-order valence-electron chi connectivity index (χ4n) is 2.57. The number of benzene rings is 1. The van der Waals surface area contributed by atoms with Crippen LogP contribution in [0.5, 0.6) is 0 Å². The zero-order valence-electron chi connectivity index (χ0n) is 11.1. The highest BCUT2D eigenvalue weighted by Gasteiger charge is 2.20. The molecule has 2 rings (SSSR count). The van der Waals surface area contributed by atoms with Crippen molar-refractivity contribution in [3.05, 3.63) is 39.4 Å². The van der Waals surface area contributed by atoms with Crippen LogP contribution < -0.4 is 4.90 Å². The van der Waals surface area contributed by atoms with Gasteiger partial charge in [0.15, 0.2) is 0 Å². The monoisotopic (exact) mass is 248 g/mol. The number of rotatable bonds is 5. The number of nitrogens with zero attached hydrogens (tertiary/aromatic N) is 2. The largest absolute Gasteiger partial charge is 0.371 e. The van der Waals surface area contributed by atoms with Gasteiger partial charge in [0.1, 0.15) is 0 Å². The fourth-order valence-corrected chi connectivity index (χ4v) is 2.57. The third-order valence-corrected chi connectivity index (χ3v) is 3.52. The first kappa shape index (κ1) is 12.9. The number of nitro groups is 1. The Morgan fingerprint density at radius 2 is 2.28 bits per heavy atom. The Labute approximate surface area is 108 Å². The molecule has 1 aliphatic rings. The van der Waals surface area contributed by atoms with Crippen LogP contribution in [0.25, 0.3) is 0 Å². The third-order valence-electron chi connectivity index (χ3n) is 3.52. The normalized spacial score (nSPS) is 15.6. The molecule has 1 aliphatic heterocycles. The standard InChI is InChI=1S/C14H20N2O2/c1-3-7-15-8-6-13-10-12(4-5-14(13)15)9-11(2)16(17)18/h4-5,10-11H,3,6-9H2,1-2H3. The van der Waals surface area contributed by atoms with Crippen molar-refractivity contribution in [1.29, 1.82) is 0 Å². The van der Waals surface area contributed by atoms with Crippen LogP contribution in [0.1, 0.15) is 31.4 Å². The Hall–Kier alpha value is -1.58. The lowest BCUT2D eigenvalue weighted by atomic mass is 10.0. The summed E-state index contributed by atoms with van der Waals surface area (Å²) in [6.45, 7) is 6.02. The van der Waals surface area contributed by atoms with Crippen LogP contribution >= 0.6 is 0 Å². The average Bonchev–Trinajstić information content (AvgIpc) is 2.72. The van der Waals surface area contributed by atoms with Gasteiger partial charge in [-0.1, -0.05) is 19.1 Å². The zero-order chi connectivity index (χ0) is 13.1. The van der Waals surface area contributed by atoms with Crippen LogP contribution in [-0.2, 0) is 12.8 Å². The molecule has 1 aromatic rings. The van der Waals surface area contributed by atoms with E-state index < -0.39 is 6.04 Å². The summed E-state index contributed by atoms with van der Waals surface area (Å²) in [6.07, 6.45) is 2.74. The minimum absolute atomic E-state index is 0.212. The molecule has 0 amide bonds. The fraction of sp³-hybridized carbons (Fsp3) is 0.571. The minimum Gasteiger partial charge on any atom is -0.371 e. The first-order chi connectivity index (χ1) is 8.61. The van der Waals surface area contributed by atoms with Crippen LogP contribution in [0.15, 0.2) is 18.2 Å². The highest BCUT2D eigenvalue weighted by molar-refractivity contribution is 5.59. The Bertz CT molecular complexity index is 445. The van der Waals surface area contributed by atoms with Crippen LogP contribution in [0.2, 0.25) is 0 Å². The van der Waals surface area contributed by atoms with Crippen LogP contribution in [0.4, 0.5) is 5.69 Å². The number of fused-ring (bicyclic) bond motifs is 1. The van der Waals surface area contributed by atoms with Crippen molar-refractivity contribution in [3.8, 4) is 0 Å². The predicted molar refractivity (Wildman–Crippen MR) is 72.8 cm³/mol. The van der Waals surface area contributed by atoms with Crippen molar-refractivity contribution < 1.29 is 4.92 Å². The summed E-state index contributed by atoms with van der Waals surface area (Å²) in [5.74, 6) is 0. The molecule has 0 saturated carbocycles. The topological polar surface area (TPSA) is 46.4 Å². The van der Waals surface area contributed by atoms with Gasteiger partial charge >= 0.3 is 0 Å². The maximum atomic E-state index is 10.7. The minimum atomic E-state index is -0.504. The molecule has 0 aromatic heterocycles. The molecule has 0 radical (unpaired) electrons. The maximum absolute atomic E-state index is 10.7. The summed E-state index contributed by atoms with van der Waals surface area (Å²) in [4.78, 5) is 12.9. The zero-order valence-corrected chi connectivity index (χ0v) is 11.1. The van der Waals surface area contributed by atoms with E-state index in [4.69, 9.17) is 0 Å². The lowest BCUT2D eigenvalue weighted by molar-refractivity contribution is -0.517. The molecular weight excluding hydrogens is 228 g/mol. The quantitative estimate of drug-likeness (QED) is 0.594. The Balaban J connectivity index is 2.12. The van der Waals surface area contributed by atoms with Gasteiger partial charge in [-0.3, -0.25) is 10.1 Å². The second-order valence-electron chi connectivity index (χ2n) is 5.04. The predicted octanol–water partition coefficient (Wildman–Crippen LogP) is 2.67. The molecule has 1 aromatic carbocycles. The summed E-state index contributed by atoms with van der Waals surface area (Å²) < 4.78 is 0. The molecule has 0 N–H and O–H groups in total. The summed E-state index contributed by atoms with van der Waals surface area (Å²) in [6, 6.07) is 5.80. The first-order valence-corrected chi connectivity index (χ1v) is 6.62. The highest BCUT2D eigenvalue weighted by Crippen LogP contribution is 2.29. The molecule has 18 heavy (non-hydrogen) atoms. The van der Waals surface area contributed by atoms with E-state index in [1.807, 2.05) is 6.07 Å². The van der Waals surface area contributed by atoms with E-state index in [0.29, 0.717) is 6.42 Å². The van der Waals surface area contributed by atoms with Crippen LogP contribution in [0.3, 0.4) is 0 Å². The second-order valence-corrected chi connectivity index (χ2v) is 5.04. The molecule has 1 unspecified atom stereocenters. The van der Waals surface area contributed by atoms with Crippen molar-refractivity contribution in [2.24, 2.45) is 0 Å². The van der Waals surface area contributed by atoms with Gasteiger partial charge in [-0.25, -0.2) is 0 Å². The van der Waals surface area contributed by atoms with Crippen molar-refractivity contribution in [2.45, 2.75) is 39.2 Å². The lowest BCUT2D eigenvalue weighted by Crippen LogP contribution is -2.21. The molecule has 1 atom stereocenters. The van der Waals surface area contributed by atoms with Crippen LogP contribution in [-0.4, -0.2) is 24.1 Å². The van der Waals surface area contributed by atoms with E-state index >= 15 is 0 Å². The van der Waals surface area contributed by atoms with Gasteiger partial charge in [0.05, 0.1) is 0 Å². The van der Waals surface area contributed by atoms with E-state index in [2.05, 4.69) is 24.0 Å². The number of hydrogen-bond acceptors (Lipinski definition) is 3. The van der Waals surface area contributed by atoms with Gasteiger partial charge in [0.2, 0.25) is 6.04 Å². The van der Waals surface area contributed by atoms with Crippen molar-refractivity contribution >= 4 is 5.69 Å². The molecule has 0 aliphatic carbocycles. The van der Waals surface area contributed by atoms with E-state index in [-0.39, 0.29) is 4.92 Å². The van der Waals surface area contributed by atoms with Gasteiger partial charge < -0.3 is 4.90 Å². The molecule has 4 heteroatoms. The van der Waals surface area contributed by atoms with Crippen molar-refractivity contribution in [1.82, 2.24) is 0 Å². The molecule has 0 fully saturated rings. The van der Waals surface area contributed by atoms with Gasteiger partial charge in [-0.2, -0.15) is 0 Å². The summed E-state index contributed by atoms with van der Waals surface area (Å²) >= 11 is 0. The average molecular weight is 248 g/mol. The molecule has 0 spiro atoms. The molecule has 0 bridgehead atoms. The van der Waals surface area contributed by atoms with E-state index in [1.54, 1.807) is 6.92 Å². The highest BCUT2D eigenvalue weighted by atomic mass is 16.6. The molecule has 1 heterocycles. The van der Waals surface area contributed by atoms with Crippen molar-refractivity contribution in [2.75, 3.05) is 18.0 Å². The Kier molecular flexibility index (Phi) is 3.84. The number of anilines is 1. The van der Waals surface area contributed by atoms with Gasteiger partial charge in [-0.05, 0) is 30.0 Å². The molecule has 4 nitrogen and oxygen atoms in total. The smallest absolute Gasteiger partial charge is 0.214 e.